The highest BCUT2D eigenvalue weighted by atomic mass is 16.5. The molecule has 0 amide bonds. The molecule has 2 aromatic rings. The number of hydrogen-bond acceptors (Lipinski definition) is 4. The molecule has 5 atom stereocenters. The number of ketones is 1. The Labute approximate surface area is 153 Å². The number of piperidine rings is 2. The Hall–Kier alpha value is -1.85. The lowest BCUT2D eigenvalue weighted by Crippen LogP contribution is -2.59. The lowest BCUT2D eigenvalue weighted by molar-refractivity contribution is -0.0542. The fraction of sp³-hybridized carbons (Fsp3) is 0.571. The quantitative estimate of drug-likeness (QED) is 0.858. The van der Waals surface area contributed by atoms with Crippen molar-refractivity contribution >= 4 is 16.7 Å². The fourth-order valence-corrected chi connectivity index (χ4v) is 6.05. The van der Waals surface area contributed by atoms with Gasteiger partial charge in [0.15, 0.2) is 5.78 Å². The van der Waals surface area contributed by atoms with E-state index in [0.717, 1.165) is 46.9 Å². The van der Waals surface area contributed by atoms with Crippen molar-refractivity contribution in [1.82, 2.24) is 9.47 Å². The van der Waals surface area contributed by atoms with Gasteiger partial charge in [-0.2, -0.15) is 0 Å². The topological polar surface area (TPSA) is 54.7 Å². The average Bonchev–Trinajstić information content (AvgIpc) is 3.00. The zero-order chi connectivity index (χ0) is 18.0. The Bertz CT molecular complexity index is 887. The number of aromatic nitrogens is 1. The summed E-state index contributed by atoms with van der Waals surface area (Å²) in [6.45, 7) is 3.88. The molecule has 1 aliphatic carbocycles. The molecule has 3 aliphatic heterocycles. The highest BCUT2D eigenvalue weighted by Gasteiger charge is 2.51. The van der Waals surface area contributed by atoms with Crippen LogP contribution in [0, 0.1) is 11.8 Å². The van der Waals surface area contributed by atoms with Crippen molar-refractivity contribution in [3.05, 3.63) is 29.5 Å². The van der Waals surface area contributed by atoms with Gasteiger partial charge in [-0.3, -0.25) is 9.69 Å². The summed E-state index contributed by atoms with van der Waals surface area (Å²) in [5.74, 6) is 2.42. The Morgan fingerprint density at radius 3 is 2.92 bits per heavy atom. The Balaban J connectivity index is 1.76. The van der Waals surface area contributed by atoms with Gasteiger partial charge in [0.05, 0.1) is 19.3 Å². The molecule has 0 spiro atoms. The molecule has 4 bridgehead atoms. The maximum absolute atomic E-state index is 12.8. The Morgan fingerprint density at radius 2 is 2.19 bits per heavy atom. The van der Waals surface area contributed by atoms with Crippen LogP contribution >= 0.6 is 0 Å². The van der Waals surface area contributed by atoms with Crippen LogP contribution in [-0.2, 0) is 6.67 Å². The summed E-state index contributed by atoms with van der Waals surface area (Å²) in [5.41, 5.74) is 2.97. The minimum atomic E-state index is -0.439. The number of nitrogens with zero attached hydrogens (tertiary/aromatic N) is 2. The lowest BCUT2D eigenvalue weighted by atomic mass is 9.64. The summed E-state index contributed by atoms with van der Waals surface area (Å²) in [6.07, 6.45) is 3.69. The molecule has 138 valence electrons. The number of ether oxygens (including phenoxy) is 1. The van der Waals surface area contributed by atoms with Crippen molar-refractivity contribution in [2.45, 2.75) is 44.8 Å². The molecule has 2 saturated heterocycles. The SMILES string of the molecule is CC[C@H]1C[C@@H]2CC3c4c(C(=O)CO)c5cc(OC)ccc5n4CN(C2)[C@H]31. The molecular formula is C21H26N2O3. The van der Waals surface area contributed by atoms with E-state index in [0.29, 0.717) is 17.9 Å². The first-order valence-corrected chi connectivity index (χ1v) is 9.74. The summed E-state index contributed by atoms with van der Waals surface area (Å²) in [5, 5.41) is 10.6. The first-order valence-electron chi connectivity index (χ1n) is 9.74. The largest absolute Gasteiger partial charge is 0.497 e. The number of aliphatic hydroxyl groups excluding tert-OH is 1. The van der Waals surface area contributed by atoms with Gasteiger partial charge in [-0.05, 0) is 42.9 Å². The molecule has 26 heavy (non-hydrogen) atoms. The number of carbonyl (C=O) groups is 1. The van der Waals surface area contributed by atoms with E-state index in [2.05, 4.69) is 22.5 Å². The second kappa shape index (κ2) is 5.83. The van der Waals surface area contributed by atoms with Gasteiger partial charge in [-0.15, -0.1) is 0 Å². The third kappa shape index (κ3) is 2.07. The van der Waals surface area contributed by atoms with Gasteiger partial charge in [0.1, 0.15) is 12.4 Å². The minimum Gasteiger partial charge on any atom is -0.497 e. The highest BCUT2D eigenvalue weighted by molar-refractivity contribution is 6.10. The normalized spacial score (nSPS) is 31.9. The van der Waals surface area contributed by atoms with Gasteiger partial charge in [-0.25, -0.2) is 0 Å². The molecule has 1 aromatic carbocycles. The van der Waals surface area contributed by atoms with Crippen LogP contribution in [0.3, 0.4) is 0 Å². The van der Waals surface area contributed by atoms with Crippen LogP contribution in [0.4, 0.5) is 0 Å². The van der Waals surface area contributed by atoms with Crippen molar-refractivity contribution in [3.8, 4) is 5.75 Å². The Kier molecular flexibility index (Phi) is 3.66. The average molecular weight is 354 g/mol. The van der Waals surface area contributed by atoms with Gasteiger partial charge in [0, 0.05) is 35.1 Å². The van der Waals surface area contributed by atoms with E-state index in [1.807, 2.05) is 12.1 Å². The van der Waals surface area contributed by atoms with Crippen molar-refractivity contribution < 1.29 is 14.6 Å². The van der Waals surface area contributed by atoms with Crippen LogP contribution in [0.2, 0.25) is 0 Å². The van der Waals surface area contributed by atoms with Crippen LogP contribution in [0.5, 0.6) is 5.75 Å². The molecule has 0 radical (unpaired) electrons. The predicted molar refractivity (Wildman–Crippen MR) is 99.6 cm³/mol. The molecule has 3 fully saturated rings. The van der Waals surface area contributed by atoms with E-state index in [4.69, 9.17) is 4.74 Å². The van der Waals surface area contributed by atoms with Crippen LogP contribution in [0.15, 0.2) is 18.2 Å². The van der Waals surface area contributed by atoms with E-state index in [9.17, 15) is 9.90 Å². The van der Waals surface area contributed by atoms with Crippen molar-refractivity contribution in [2.24, 2.45) is 11.8 Å². The van der Waals surface area contributed by atoms with Gasteiger partial charge in [0.2, 0.25) is 0 Å². The van der Waals surface area contributed by atoms with Crippen LogP contribution in [-0.4, -0.2) is 46.7 Å². The maximum atomic E-state index is 12.8. The van der Waals surface area contributed by atoms with E-state index < -0.39 is 6.61 Å². The number of carbonyl (C=O) groups excluding carboxylic acids is 1. The van der Waals surface area contributed by atoms with Gasteiger partial charge in [0.25, 0.3) is 0 Å². The first kappa shape index (κ1) is 16.3. The van der Waals surface area contributed by atoms with Crippen LogP contribution < -0.4 is 4.74 Å². The van der Waals surface area contributed by atoms with Gasteiger partial charge in [-0.1, -0.05) is 13.3 Å². The first-order chi connectivity index (χ1) is 12.7. The van der Waals surface area contributed by atoms with Crippen molar-refractivity contribution in [3.63, 3.8) is 0 Å². The van der Waals surface area contributed by atoms with Gasteiger partial charge >= 0.3 is 0 Å². The Morgan fingerprint density at radius 1 is 1.35 bits per heavy atom. The maximum Gasteiger partial charge on any atom is 0.190 e. The standard InChI is InChI=1S/C21H26N2O3/c1-3-13-6-12-7-16-20(13)22(9-12)11-23-17-5-4-14(26-2)8-15(17)19(21(16)23)18(25)10-24/h4-5,8,12-13,16,20,24H,3,6-7,9-11H2,1-2H3/t12-,13+,16?,20+/m1/s1. The van der Waals surface area contributed by atoms with Crippen molar-refractivity contribution in [2.75, 3.05) is 20.3 Å². The number of benzene rings is 1. The van der Waals surface area contributed by atoms with Crippen LogP contribution in [0.1, 0.15) is 48.2 Å². The van der Waals surface area contributed by atoms with Crippen LogP contribution in [0.25, 0.3) is 10.9 Å². The lowest BCUT2D eigenvalue weighted by Gasteiger charge is -2.57. The van der Waals surface area contributed by atoms with E-state index in [1.54, 1.807) is 7.11 Å². The number of hydrogen-bond donors (Lipinski definition) is 1. The fourth-order valence-electron chi connectivity index (χ4n) is 6.05. The zero-order valence-corrected chi connectivity index (χ0v) is 15.4. The number of rotatable bonds is 4. The summed E-state index contributed by atoms with van der Waals surface area (Å²) in [6, 6.07) is 6.51. The molecular weight excluding hydrogens is 328 g/mol. The predicted octanol–water partition coefficient (Wildman–Crippen LogP) is 3.00. The summed E-state index contributed by atoms with van der Waals surface area (Å²) in [7, 11) is 1.65. The minimum absolute atomic E-state index is 0.167. The zero-order valence-electron chi connectivity index (χ0n) is 15.4. The molecule has 6 rings (SSSR count). The van der Waals surface area contributed by atoms with Gasteiger partial charge < -0.3 is 14.4 Å². The van der Waals surface area contributed by atoms with E-state index in [-0.39, 0.29) is 5.78 Å². The third-order valence-corrected chi connectivity index (χ3v) is 6.96. The number of fused-ring (bicyclic) bond motifs is 4. The second-order valence-corrected chi connectivity index (χ2v) is 8.17. The number of aliphatic hydroxyl groups is 1. The summed E-state index contributed by atoms with van der Waals surface area (Å²) < 4.78 is 7.73. The molecule has 1 N–H and O–H groups in total. The number of methoxy groups -OCH3 is 1. The molecule has 4 aliphatic rings. The van der Waals surface area contributed by atoms with E-state index in [1.165, 1.54) is 19.4 Å². The second-order valence-electron chi connectivity index (χ2n) is 8.17. The molecule has 5 nitrogen and oxygen atoms in total. The summed E-state index contributed by atoms with van der Waals surface area (Å²) in [4.78, 5) is 15.4. The number of Topliss-reactive ketones (excluding diaryl/α,β-unsaturated/α-hetero) is 1. The molecule has 1 aromatic heterocycles. The van der Waals surface area contributed by atoms with Crippen molar-refractivity contribution in [1.29, 1.82) is 0 Å². The monoisotopic (exact) mass is 354 g/mol. The smallest absolute Gasteiger partial charge is 0.190 e. The summed E-state index contributed by atoms with van der Waals surface area (Å²) >= 11 is 0. The third-order valence-electron chi connectivity index (χ3n) is 6.96. The molecule has 2 unspecified atom stereocenters. The molecule has 5 heteroatoms. The molecule has 4 heterocycles. The van der Waals surface area contributed by atoms with E-state index >= 15 is 0 Å². The molecule has 1 saturated carbocycles. The highest BCUT2D eigenvalue weighted by Crippen LogP contribution is 2.53.